The summed E-state index contributed by atoms with van der Waals surface area (Å²) in [7, 11) is -3.47. The number of hydrogen-bond donors (Lipinski definition) is 0. The van der Waals surface area contributed by atoms with Crippen LogP contribution in [0.4, 0.5) is 0 Å². The molecule has 1 heterocycles. The molecule has 1 aromatic rings. The topological polar surface area (TPSA) is 54.5 Å². The SMILES string of the molecule is Cc1ccc(S(=O)(=O)N2CCCC(C=O)C2)cc1C. The van der Waals surface area contributed by atoms with E-state index in [0.717, 1.165) is 30.3 Å². The van der Waals surface area contributed by atoms with Crippen molar-refractivity contribution in [2.75, 3.05) is 13.1 Å². The van der Waals surface area contributed by atoms with Gasteiger partial charge in [-0.3, -0.25) is 0 Å². The van der Waals surface area contributed by atoms with Gasteiger partial charge in [-0.2, -0.15) is 4.31 Å². The highest BCUT2D eigenvalue weighted by atomic mass is 32.2. The summed E-state index contributed by atoms with van der Waals surface area (Å²) in [6.07, 6.45) is 2.39. The Balaban J connectivity index is 2.31. The molecule has 104 valence electrons. The fourth-order valence-electron chi connectivity index (χ4n) is 2.33. The van der Waals surface area contributed by atoms with Crippen LogP contribution in [0.5, 0.6) is 0 Å². The van der Waals surface area contributed by atoms with Crippen LogP contribution in [0.2, 0.25) is 0 Å². The molecule has 0 radical (unpaired) electrons. The zero-order valence-corrected chi connectivity index (χ0v) is 12.1. The van der Waals surface area contributed by atoms with Crippen LogP contribution in [0.1, 0.15) is 24.0 Å². The molecular weight excluding hydrogens is 262 g/mol. The van der Waals surface area contributed by atoms with Gasteiger partial charge >= 0.3 is 0 Å². The normalized spacial score (nSPS) is 21.3. The van der Waals surface area contributed by atoms with E-state index in [4.69, 9.17) is 0 Å². The van der Waals surface area contributed by atoms with E-state index in [1.165, 1.54) is 4.31 Å². The van der Waals surface area contributed by atoms with Crippen LogP contribution in [0.25, 0.3) is 0 Å². The summed E-state index contributed by atoms with van der Waals surface area (Å²) in [6, 6.07) is 5.17. The Morgan fingerprint density at radius 2 is 2.00 bits per heavy atom. The summed E-state index contributed by atoms with van der Waals surface area (Å²) in [4.78, 5) is 11.2. The minimum absolute atomic E-state index is 0.171. The number of aldehydes is 1. The highest BCUT2D eigenvalue weighted by molar-refractivity contribution is 7.89. The average molecular weight is 281 g/mol. The summed E-state index contributed by atoms with van der Waals surface area (Å²) < 4.78 is 26.5. The van der Waals surface area contributed by atoms with E-state index < -0.39 is 10.0 Å². The highest BCUT2D eigenvalue weighted by Gasteiger charge is 2.30. The molecule has 0 N–H and O–H groups in total. The Labute approximate surface area is 114 Å². The Hall–Kier alpha value is -1.20. The monoisotopic (exact) mass is 281 g/mol. The van der Waals surface area contributed by atoms with E-state index in [2.05, 4.69) is 0 Å². The standard InChI is InChI=1S/C14H19NO3S/c1-11-5-6-14(8-12(11)2)19(17,18)15-7-3-4-13(9-15)10-16/h5-6,8,10,13H,3-4,7,9H2,1-2H3. The molecule has 1 aliphatic heterocycles. The quantitative estimate of drug-likeness (QED) is 0.795. The Morgan fingerprint density at radius 3 is 2.63 bits per heavy atom. The van der Waals surface area contributed by atoms with Gasteiger partial charge in [0.2, 0.25) is 10.0 Å². The molecule has 2 rings (SSSR count). The van der Waals surface area contributed by atoms with Crippen molar-refractivity contribution in [2.24, 2.45) is 5.92 Å². The molecule has 5 heteroatoms. The zero-order chi connectivity index (χ0) is 14.0. The molecule has 1 aromatic carbocycles. The fraction of sp³-hybridized carbons (Fsp3) is 0.500. The first kappa shape index (κ1) is 14.2. The molecule has 0 spiro atoms. The average Bonchev–Trinajstić information content (AvgIpc) is 2.41. The van der Waals surface area contributed by atoms with Crippen molar-refractivity contribution in [1.29, 1.82) is 0 Å². The van der Waals surface area contributed by atoms with Gasteiger partial charge in [-0.1, -0.05) is 6.07 Å². The van der Waals surface area contributed by atoms with Gasteiger partial charge in [-0.25, -0.2) is 8.42 Å². The lowest BCUT2D eigenvalue weighted by Gasteiger charge is -2.29. The number of carbonyl (C=O) groups is 1. The second-order valence-corrected chi connectivity index (χ2v) is 7.09. The van der Waals surface area contributed by atoms with Gasteiger partial charge in [0, 0.05) is 19.0 Å². The van der Waals surface area contributed by atoms with Crippen LogP contribution in [0.15, 0.2) is 23.1 Å². The fourth-order valence-corrected chi connectivity index (χ4v) is 3.95. The minimum atomic E-state index is -3.47. The van der Waals surface area contributed by atoms with E-state index >= 15 is 0 Å². The number of piperidine rings is 1. The van der Waals surface area contributed by atoms with Crippen molar-refractivity contribution in [3.63, 3.8) is 0 Å². The van der Waals surface area contributed by atoms with Crippen LogP contribution in [-0.2, 0) is 14.8 Å². The number of sulfonamides is 1. The molecule has 1 fully saturated rings. The smallest absolute Gasteiger partial charge is 0.243 e. The number of rotatable bonds is 3. The lowest BCUT2D eigenvalue weighted by Crippen LogP contribution is -2.40. The van der Waals surface area contributed by atoms with Crippen molar-refractivity contribution >= 4 is 16.3 Å². The van der Waals surface area contributed by atoms with Crippen molar-refractivity contribution < 1.29 is 13.2 Å². The first-order valence-electron chi connectivity index (χ1n) is 6.48. The summed E-state index contributed by atoms with van der Waals surface area (Å²) >= 11 is 0. The van der Waals surface area contributed by atoms with Gasteiger partial charge in [-0.15, -0.1) is 0 Å². The highest BCUT2D eigenvalue weighted by Crippen LogP contribution is 2.24. The number of hydrogen-bond acceptors (Lipinski definition) is 3. The lowest BCUT2D eigenvalue weighted by molar-refractivity contribution is -0.112. The molecule has 19 heavy (non-hydrogen) atoms. The third kappa shape index (κ3) is 2.87. The number of carbonyl (C=O) groups excluding carboxylic acids is 1. The summed E-state index contributed by atoms with van der Waals surface area (Å²) in [5.74, 6) is -0.171. The van der Waals surface area contributed by atoms with Crippen molar-refractivity contribution in [1.82, 2.24) is 4.31 Å². The molecular formula is C14H19NO3S. The van der Waals surface area contributed by atoms with Gasteiger partial charge in [0.05, 0.1) is 4.90 Å². The molecule has 0 bridgehead atoms. The maximum absolute atomic E-state index is 12.5. The lowest BCUT2D eigenvalue weighted by atomic mass is 10.0. The largest absolute Gasteiger partial charge is 0.303 e. The molecule has 1 saturated heterocycles. The summed E-state index contributed by atoms with van der Waals surface area (Å²) in [5, 5.41) is 0. The predicted octanol–water partition coefficient (Wildman–Crippen LogP) is 1.90. The van der Waals surface area contributed by atoms with Crippen LogP contribution in [-0.4, -0.2) is 32.1 Å². The van der Waals surface area contributed by atoms with E-state index in [1.54, 1.807) is 12.1 Å². The second kappa shape index (κ2) is 5.43. The summed E-state index contributed by atoms with van der Waals surface area (Å²) in [6.45, 7) is 4.66. The van der Waals surface area contributed by atoms with Gasteiger partial charge in [0.1, 0.15) is 6.29 Å². The molecule has 0 saturated carbocycles. The molecule has 0 amide bonds. The molecule has 0 aliphatic carbocycles. The number of benzene rings is 1. The molecule has 1 aliphatic rings. The van der Waals surface area contributed by atoms with Crippen molar-refractivity contribution in [3.05, 3.63) is 29.3 Å². The van der Waals surface area contributed by atoms with E-state index in [0.29, 0.717) is 18.0 Å². The second-order valence-electron chi connectivity index (χ2n) is 5.15. The first-order chi connectivity index (χ1) is 8.95. The maximum atomic E-state index is 12.5. The van der Waals surface area contributed by atoms with Crippen LogP contribution in [0, 0.1) is 19.8 Å². The molecule has 0 aromatic heterocycles. The Bertz CT molecular complexity index is 580. The van der Waals surface area contributed by atoms with Crippen molar-refractivity contribution in [3.8, 4) is 0 Å². The van der Waals surface area contributed by atoms with Gasteiger partial charge in [0.25, 0.3) is 0 Å². The first-order valence-corrected chi connectivity index (χ1v) is 7.92. The van der Waals surface area contributed by atoms with Gasteiger partial charge in [-0.05, 0) is 49.9 Å². The molecule has 1 atom stereocenters. The third-order valence-electron chi connectivity index (χ3n) is 3.73. The van der Waals surface area contributed by atoms with Crippen LogP contribution >= 0.6 is 0 Å². The van der Waals surface area contributed by atoms with Crippen molar-refractivity contribution in [2.45, 2.75) is 31.6 Å². The van der Waals surface area contributed by atoms with Crippen LogP contribution < -0.4 is 0 Å². The number of nitrogens with zero attached hydrogens (tertiary/aromatic N) is 1. The maximum Gasteiger partial charge on any atom is 0.243 e. The van der Waals surface area contributed by atoms with Crippen LogP contribution in [0.3, 0.4) is 0 Å². The predicted molar refractivity (Wildman–Crippen MR) is 73.5 cm³/mol. The van der Waals surface area contributed by atoms with E-state index in [-0.39, 0.29) is 5.92 Å². The third-order valence-corrected chi connectivity index (χ3v) is 5.59. The Kier molecular flexibility index (Phi) is 4.06. The van der Waals surface area contributed by atoms with E-state index in [1.807, 2.05) is 19.9 Å². The minimum Gasteiger partial charge on any atom is -0.303 e. The van der Waals surface area contributed by atoms with E-state index in [9.17, 15) is 13.2 Å². The number of aryl methyl sites for hydroxylation is 2. The molecule has 4 nitrogen and oxygen atoms in total. The summed E-state index contributed by atoms with van der Waals surface area (Å²) in [5.41, 5.74) is 2.04. The zero-order valence-electron chi connectivity index (χ0n) is 11.3. The molecule has 1 unspecified atom stereocenters. The van der Waals surface area contributed by atoms with Gasteiger partial charge < -0.3 is 4.79 Å². The van der Waals surface area contributed by atoms with Gasteiger partial charge in [0.15, 0.2) is 0 Å². The Morgan fingerprint density at radius 1 is 1.26 bits per heavy atom.